The first-order valence-corrected chi connectivity index (χ1v) is 7.72. The number of nitrogens with two attached hydrogens (primary N) is 1. The molecule has 0 aliphatic carbocycles. The van der Waals surface area contributed by atoms with Crippen molar-refractivity contribution in [3.63, 3.8) is 0 Å². The van der Waals surface area contributed by atoms with Crippen LogP contribution in [0.25, 0.3) is 0 Å². The topological polar surface area (TPSA) is 58.8 Å². The normalized spacial score (nSPS) is 14.7. The summed E-state index contributed by atoms with van der Waals surface area (Å²) in [5, 5.41) is 0. The van der Waals surface area contributed by atoms with Gasteiger partial charge in [-0.2, -0.15) is 0 Å². The molecule has 0 aromatic heterocycles. The number of rotatable bonds is 3. The standard InChI is InChI=1S/C18H21N3O2/c1-23-15-7-8-16(17(19)13-15)18(22)21-11-9-20(10-12-21)14-5-3-2-4-6-14/h2-8,13H,9-12,19H2,1H3. The monoisotopic (exact) mass is 311 g/mol. The fraction of sp³-hybridized carbons (Fsp3) is 0.278. The van der Waals surface area contributed by atoms with Gasteiger partial charge in [-0.05, 0) is 24.3 Å². The number of benzene rings is 2. The number of hydrogen-bond donors (Lipinski definition) is 1. The first kappa shape index (κ1) is 15.2. The third-order valence-corrected chi connectivity index (χ3v) is 4.18. The number of nitrogens with zero attached hydrogens (tertiary/aromatic N) is 2. The molecule has 0 bridgehead atoms. The number of piperazine rings is 1. The van der Waals surface area contributed by atoms with Gasteiger partial charge in [0.05, 0.1) is 12.7 Å². The highest BCUT2D eigenvalue weighted by molar-refractivity contribution is 5.99. The molecule has 1 aliphatic heterocycles. The molecular weight excluding hydrogens is 290 g/mol. The van der Waals surface area contributed by atoms with Crippen molar-refractivity contribution in [3.05, 3.63) is 54.1 Å². The number of carbonyl (C=O) groups excluding carboxylic acids is 1. The lowest BCUT2D eigenvalue weighted by molar-refractivity contribution is 0.0748. The molecule has 120 valence electrons. The Balaban J connectivity index is 1.66. The van der Waals surface area contributed by atoms with E-state index in [1.54, 1.807) is 25.3 Å². The van der Waals surface area contributed by atoms with Gasteiger partial charge < -0.3 is 20.3 Å². The zero-order chi connectivity index (χ0) is 16.2. The molecule has 1 heterocycles. The van der Waals surface area contributed by atoms with Gasteiger partial charge in [-0.3, -0.25) is 4.79 Å². The molecule has 1 aliphatic rings. The summed E-state index contributed by atoms with van der Waals surface area (Å²) < 4.78 is 5.13. The van der Waals surface area contributed by atoms with Crippen LogP contribution in [-0.2, 0) is 0 Å². The summed E-state index contributed by atoms with van der Waals surface area (Å²) in [7, 11) is 1.58. The van der Waals surface area contributed by atoms with Crippen LogP contribution in [0.15, 0.2) is 48.5 Å². The van der Waals surface area contributed by atoms with E-state index in [0.29, 0.717) is 30.1 Å². The summed E-state index contributed by atoms with van der Waals surface area (Å²) in [6, 6.07) is 15.5. The lowest BCUT2D eigenvalue weighted by atomic mass is 10.1. The summed E-state index contributed by atoms with van der Waals surface area (Å²) in [5.41, 5.74) is 8.18. The Hall–Kier alpha value is -2.69. The average molecular weight is 311 g/mol. The first-order valence-electron chi connectivity index (χ1n) is 7.72. The quantitative estimate of drug-likeness (QED) is 0.883. The van der Waals surface area contributed by atoms with Crippen LogP contribution in [0.5, 0.6) is 5.75 Å². The Morgan fingerprint density at radius 3 is 2.35 bits per heavy atom. The van der Waals surface area contributed by atoms with Crippen molar-refractivity contribution >= 4 is 17.3 Å². The van der Waals surface area contributed by atoms with E-state index in [0.717, 1.165) is 13.1 Å². The van der Waals surface area contributed by atoms with E-state index in [1.165, 1.54) is 5.69 Å². The van der Waals surface area contributed by atoms with Gasteiger partial charge in [0.15, 0.2) is 0 Å². The molecule has 0 saturated carbocycles. The highest BCUT2D eigenvalue weighted by atomic mass is 16.5. The molecule has 0 spiro atoms. The van der Waals surface area contributed by atoms with Crippen LogP contribution in [0.4, 0.5) is 11.4 Å². The summed E-state index contributed by atoms with van der Waals surface area (Å²) in [5.74, 6) is 0.644. The molecule has 5 nitrogen and oxygen atoms in total. The number of methoxy groups -OCH3 is 1. The first-order chi connectivity index (χ1) is 11.2. The smallest absolute Gasteiger partial charge is 0.256 e. The Bertz CT molecular complexity index is 680. The van der Waals surface area contributed by atoms with E-state index in [9.17, 15) is 4.79 Å². The number of ether oxygens (including phenoxy) is 1. The Morgan fingerprint density at radius 2 is 1.74 bits per heavy atom. The number of hydrogen-bond acceptors (Lipinski definition) is 4. The maximum atomic E-state index is 12.6. The van der Waals surface area contributed by atoms with Gasteiger partial charge >= 0.3 is 0 Å². The highest BCUT2D eigenvalue weighted by Gasteiger charge is 2.23. The van der Waals surface area contributed by atoms with Crippen molar-refractivity contribution in [2.24, 2.45) is 0 Å². The fourth-order valence-electron chi connectivity index (χ4n) is 2.84. The van der Waals surface area contributed by atoms with Gasteiger partial charge in [0, 0.05) is 43.6 Å². The van der Waals surface area contributed by atoms with Gasteiger partial charge in [0.25, 0.3) is 5.91 Å². The highest BCUT2D eigenvalue weighted by Crippen LogP contribution is 2.22. The molecule has 23 heavy (non-hydrogen) atoms. The fourth-order valence-corrected chi connectivity index (χ4v) is 2.84. The van der Waals surface area contributed by atoms with Crippen molar-refractivity contribution in [3.8, 4) is 5.75 Å². The second kappa shape index (κ2) is 6.60. The van der Waals surface area contributed by atoms with Crippen LogP contribution in [0.1, 0.15) is 10.4 Å². The molecule has 2 aromatic rings. The number of nitrogen functional groups attached to an aromatic ring is 1. The summed E-state index contributed by atoms with van der Waals surface area (Å²) in [4.78, 5) is 16.8. The van der Waals surface area contributed by atoms with Crippen molar-refractivity contribution in [2.45, 2.75) is 0 Å². The van der Waals surface area contributed by atoms with Crippen LogP contribution in [0, 0.1) is 0 Å². The van der Waals surface area contributed by atoms with Crippen LogP contribution in [0.2, 0.25) is 0 Å². The molecule has 1 amide bonds. The van der Waals surface area contributed by atoms with Crippen molar-refractivity contribution in [2.75, 3.05) is 43.9 Å². The van der Waals surface area contributed by atoms with Gasteiger partial charge in [0.2, 0.25) is 0 Å². The van der Waals surface area contributed by atoms with Crippen LogP contribution >= 0.6 is 0 Å². The van der Waals surface area contributed by atoms with Crippen molar-refractivity contribution < 1.29 is 9.53 Å². The second-order valence-electron chi connectivity index (χ2n) is 5.57. The van der Waals surface area contributed by atoms with E-state index in [-0.39, 0.29) is 5.91 Å². The summed E-state index contributed by atoms with van der Waals surface area (Å²) >= 11 is 0. The summed E-state index contributed by atoms with van der Waals surface area (Å²) in [6.07, 6.45) is 0. The van der Waals surface area contributed by atoms with Crippen LogP contribution in [-0.4, -0.2) is 44.1 Å². The number of anilines is 2. The molecule has 5 heteroatoms. The Morgan fingerprint density at radius 1 is 1.04 bits per heavy atom. The molecule has 1 saturated heterocycles. The number of amides is 1. The SMILES string of the molecule is COc1ccc(C(=O)N2CCN(c3ccccc3)CC2)c(N)c1. The molecule has 0 atom stereocenters. The second-order valence-corrected chi connectivity index (χ2v) is 5.57. The Kier molecular flexibility index (Phi) is 4.37. The number of para-hydroxylation sites is 1. The van der Waals surface area contributed by atoms with Crippen LogP contribution < -0.4 is 15.4 Å². The van der Waals surface area contributed by atoms with Crippen molar-refractivity contribution in [1.82, 2.24) is 4.90 Å². The molecule has 3 rings (SSSR count). The largest absolute Gasteiger partial charge is 0.497 e. The van der Waals surface area contributed by atoms with E-state index in [1.807, 2.05) is 23.1 Å². The van der Waals surface area contributed by atoms with Gasteiger partial charge in [-0.25, -0.2) is 0 Å². The molecule has 2 N–H and O–H groups in total. The maximum Gasteiger partial charge on any atom is 0.256 e. The lowest BCUT2D eigenvalue weighted by Gasteiger charge is -2.36. The van der Waals surface area contributed by atoms with Crippen molar-refractivity contribution in [1.29, 1.82) is 0 Å². The van der Waals surface area contributed by atoms with E-state index < -0.39 is 0 Å². The van der Waals surface area contributed by atoms with E-state index >= 15 is 0 Å². The Labute approximate surface area is 136 Å². The van der Waals surface area contributed by atoms with Gasteiger partial charge in [0.1, 0.15) is 5.75 Å². The zero-order valence-electron chi connectivity index (χ0n) is 13.2. The molecule has 1 fully saturated rings. The van der Waals surface area contributed by atoms with E-state index in [2.05, 4.69) is 17.0 Å². The molecule has 2 aromatic carbocycles. The third-order valence-electron chi connectivity index (χ3n) is 4.18. The minimum atomic E-state index is -0.0159. The van der Waals surface area contributed by atoms with Crippen LogP contribution in [0.3, 0.4) is 0 Å². The lowest BCUT2D eigenvalue weighted by Crippen LogP contribution is -2.48. The average Bonchev–Trinajstić information content (AvgIpc) is 2.62. The zero-order valence-corrected chi connectivity index (χ0v) is 13.2. The summed E-state index contributed by atoms with van der Waals surface area (Å²) in [6.45, 7) is 3.04. The third kappa shape index (κ3) is 3.23. The van der Waals surface area contributed by atoms with Gasteiger partial charge in [-0.15, -0.1) is 0 Å². The molecular formula is C18H21N3O2. The minimum absolute atomic E-state index is 0.0159. The molecule has 0 unspecified atom stereocenters. The predicted molar refractivity (Wildman–Crippen MR) is 92.0 cm³/mol. The number of carbonyl (C=O) groups is 1. The van der Waals surface area contributed by atoms with Gasteiger partial charge in [-0.1, -0.05) is 18.2 Å². The maximum absolute atomic E-state index is 12.6. The minimum Gasteiger partial charge on any atom is -0.497 e. The van der Waals surface area contributed by atoms with E-state index in [4.69, 9.17) is 10.5 Å². The predicted octanol–water partition coefficient (Wildman–Crippen LogP) is 2.24. The molecule has 0 radical (unpaired) electrons.